The van der Waals surface area contributed by atoms with E-state index in [4.69, 9.17) is 0 Å². The molecule has 0 atom stereocenters. The number of nitrogens with zero attached hydrogens (tertiary/aromatic N) is 3. The van der Waals surface area contributed by atoms with Gasteiger partial charge in [-0.3, -0.25) is 14.6 Å². The van der Waals surface area contributed by atoms with Crippen LogP contribution in [0.5, 0.6) is 0 Å². The zero-order valence-electron chi connectivity index (χ0n) is 20.5. The lowest BCUT2D eigenvalue weighted by Crippen LogP contribution is -2.54. The fourth-order valence-corrected chi connectivity index (χ4v) is 6.14. The standard InChI is InChI=1S/C29H39N3O/c1-22-16-23(2)18-27(17-22)24-8-9-26-20-30(11-10-25(26)19-24)21-29(33)32-14-12-31(13-15-32)28-6-4-3-5-7-28/h8-9,16-19,28H,3-7,10-15,20-21H2,1-2H3. The third-order valence-electron chi connectivity index (χ3n) is 7.97. The van der Waals surface area contributed by atoms with Crippen molar-refractivity contribution < 1.29 is 4.79 Å². The maximum absolute atomic E-state index is 13.0. The van der Waals surface area contributed by atoms with Crippen LogP contribution in [0.4, 0.5) is 0 Å². The van der Waals surface area contributed by atoms with Gasteiger partial charge in [-0.1, -0.05) is 66.8 Å². The van der Waals surface area contributed by atoms with Gasteiger partial charge in [0.05, 0.1) is 6.54 Å². The molecule has 0 aromatic heterocycles. The van der Waals surface area contributed by atoms with Crippen LogP contribution in [0, 0.1) is 13.8 Å². The maximum atomic E-state index is 13.0. The zero-order valence-corrected chi connectivity index (χ0v) is 20.5. The predicted molar refractivity (Wildman–Crippen MR) is 135 cm³/mol. The van der Waals surface area contributed by atoms with Crippen molar-refractivity contribution in [3.63, 3.8) is 0 Å². The normalized spacial score (nSPS) is 20.6. The summed E-state index contributed by atoms with van der Waals surface area (Å²) in [6.07, 6.45) is 7.90. The molecule has 1 amide bonds. The molecule has 0 radical (unpaired) electrons. The molecule has 3 aliphatic rings. The first-order valence-corrected chi connectivity index (χ1v) is 13.0. The molecule has 4 heteroatoms. The largest absolute Gasteiger partial charge is 0.339 e. The molecule has 0 unspecified atom stereocenters. The Labute approximate surface area is 199 Å². The Morgan fingerprint density at radius 3 is 2.27 bits per heavy atom. The van der Waals surface area contributed by atoms with Crippen molar-refractivity contribution in [2.45, 2.75) is 65.0 Å². The van der Waals surface area contributed by atoms with Crippen LogP contribution in [0.25, 0.3) is 11.1 Å². The van der Waals surface area contributed by atoms with Crippen molar-refractivity contribution in [3.05, 3.63) is 58.7 Å². The van der Waals surface area contributed by atoms with Crippen LogP contribution >= 0.6 is 0 Å². The van der Waals surface area contributed by atoms with Crippen LogP contribution in [0.3, 0.4) is 0 Å². The molecule has 1 saturated carbocycles. The summed E-state index contributed by atoms with van der Waals surface area (Å²) in [4.78, 5) is 20.1. The van der Waals surface area contributed by atoms with Gasteiger partial charge in [-0.15, -0.1) is 0 Å². The van der Waals surface area contributed by atoms with E-state index in [1.54, 1.807) is 0 Å². The number of hydrogen-bond acceptors (Lipinski definition) is 3. The van der Waals surface area contributed by atoms with Gasteiger partial charge in [-0.05, 0) is 55.4 Å². The van der Waals surface area contributed by atoms with Crippen LogP contribution in [-0.4, -0.2) is 65.9 Å². The summed E-state index contributed by atoms with van der Waals surface area (Å²) < 4.78 is 0. The van der Waals surface area contributed by atoms with E-state index in [1.165, 1.54) is 65.5 Å². The molecular formula is C29H39N3O. The number of piperazine rings is 1. The second-order valence-electron chi connectivity index (χ2n) is 10.5. The lowest BCUT2D eigenvalue weighted by atomic mass is 9.93. The number of amides is 1. The average Bonchev–Trinajstić information content (AvgIpc) is 2.84. The summed E-state index contributed by atoms with van der Waals surface area (Å²) in [5.41, 5.74) is 8.06. The van der Waals surface area contributed by atoms with Gasteiger partial charge >= 0.3 is 0 Å². The number of rotatable bonds is 4. The second kappa shape index (κ2) is 9.99. The molecule has 0 spiro atoms. The summed E-state index contributed by atoms with van der Waals surface area (Å²) in [5, 5.41) is 0. The molecule has 1 aliphatic carbocycles. The van der Waals surface area contributed by atoms with E-state index in [0.717, 1.165) is 51.7 Å². The molecule has 5 rings (SSSR count). The van der Waals surface area contributed by atoms with Gasteiger partial charge in [0.25, 0.3) is 0 Å². The van der Waals surface area contributed by atoms with Gasteiger partial charge in [-0.2, -0.15) is 0 Å². The highest BCUT2D eigenvalue weighted by atomic mass is 16.2. The maximum Gasteiger partial charge on any atom is 0.236 e. The van der Waals surface area contributed by atoms with E-state index in [-0.39, 0.29) is 0 Å². The van der Waals surface area contributed by atoms with Crippen LogP contribution in [0.2, 0.25) is 0 Å². The van der Waals surface area contributed by atoms with Crippen LogP contribution in [-0.2, 0) is 17.8 Å². The molecule has 33 heavy (non-hydrogen) atoms. The molecule has 2 heterocycles. The fourth-order valence-electron chi connectivity index (χ4n) is 6.14. The highest BCUT2D eigenvalue weighted by molar-refractivity contribution is 5.78. The first kappa shape index (κ1) is 22.6. The van der Waals surface area contributed by atoms with E-state index >= 15 is 0 Å². The van der Waals surface area contributed by atoms with Gasteiger partial charge in [0.2, 0.25) is 5.91 Å². The molecule has 4 nitrogen and oxygen atoms in total. The quantitative estimate of drug-likeness (QED) is 0.676. The smallest absolute Gasteiger partial charge is 0.236 e. The molecule has 176 valence electrons. The van der Waals surface area contributed by atoms with E-state index in [1.807, 2.05) is 0 Å². The molecular weight excluding hydrogens is 406 g/mol. The Balaban J connectivity index is 1.16. The topological polar surface area (TPSA) is 26.8 Å². The number of aryl methyl sites for hydroxylation is 2. The third kappa shape index (κ3) is 5.33. The van der Waals surface area contributed by atoms with Gasteiger partial charge in [0, 0.05) is 45.3 Å². The fraction of sp³-hybridized carbons (Fsp3) is 0.552. The molecule has 0 bridgehead atoms. The lowest BCUT2D eigenvalue weighted by Gasteiger charge is -2.41. The molecule has 0 N–H and O–H groups in total. The molecule has 2 aromatic rings. The molecule has 2 aromatic carbocycles. The van der Waals surface area contributed by atoms with Gasteiger partial charge in [-0.25, -0.2) is 0 Å². The second-order valence-corrected chi connectivity index (χ2v) is 10.5. The van der Waals surface area contributed by atoms with Crippen LogP contribution in [0.15, 0.2) is 36.4 Å². The van der Waals surface area contributed by atoms with Crippen LogP contribution in [0.1, 0.15) is 54.4 Å². The lowest BCUT2D eigenvalue weighted by molar-refractivity contribution is -0.134. The number of carbonyl (C=O) groups is 1. The highest BCUT2D eigenvalue weighted by Gasteiger charge is 2.28. The molecule has 2 fully saturated rings. The number of hydrogen-bond donors (Lipinski definition) is 0. The van der Waals surface area contributed by atoms with E-state index < -0.39 is 0 Å². The Bertz CT molecular complexity index is 966. The van der Waals surface area contributed by atoms with Crippen molar-refractivity contribution >= 4 is 5.91 Å². The minimum atomic E-state index is 0.314. The van der Waals surface area contributed by atoms with Crippen LogP contribution < -0.4 is 0 Å². The minimum Gasteiger partial charge on any atom is -0.339 e. The Kier molecular flexibility index (Phi) is 6.84. The Morgan fingerprint density at radius 2 is 1.55 bits per heavy atom. The van der Waals surface area contributed by atoms with Crippen molar-refractivity contribution in [3.8, 4) is 11.1 Å². The Hall–Kier alpha value is -2.17. The summed E-state index contributed by atoms with van der Waals surface area (Å²) in [6.45, 7) is 10.7. The van der Waals surface area contributed by atoms with E-state index in [9.17, 15) is 4.79 Å². The zero-order chi connectivity index (χ0) is 22.8. The van der Waals surface area contributed by atoms with Crippen molar-refractivity contribution in [2.24, 2.45) is 0 Å². The van der Waals surface area contributed by atoms with Gasteiger partial charge in [0.1, 0.15) is 0 Å². The van der Waals surface area contributed by atoms with Gasteiger partial charge < -0.3 is 4.90 Å². The SMILES string of the molecule is Cc1cc(C)cc(-c2ccc3c(c2)CCN(CC(=O)N2CCN(C4CCCCC4)CC2)C3)c1. The average molecular weight is 446 g/mol. The first-order valence-electron chi connectivity index (χ1n) is 13.0. The molecule has 1 saturated heterocycles. The molecule has 2 aliphatic heterocycles. The summed E-state index contributed by atoms with van der Waals surface area (Å²) in [6, 6.07) is 14.4. The third-order valence-corrected chi connectivity index (χ3v) is 7.97. The summed E-state index contributed by atoms with van der Waals surface area (Å²) in [7, 11) is 0. The van der Waals surface area contributed by atoms with Gasteiger partial charge in [0.15, 0.2) is 0 Å². The highest BCUT2D eigenvalue weighted by Crippen LogP contribution is 2.28. The first-order chi connectivity index (χ1) is 16.0. The number of fused-ring (bicyclic) bond motifs is 1. The monoisotopic (exact) mass is 445 g/mol. The number of benzene rings is 2. The summed E-state index contributed by atoms with van der Waals surface area (Å²) in [5.74, 6) is 0.314. The van der Waals surface area contributed by atoms with Crippen molar-refractivity contribution in [1.29, 1.82) is 0 Å². The van der Waals surface area contributed by atoms with E-state index in [0.29, 0.717) is 12.5 Å². The predicted octanol–water partition coefficient (Wildman–Crippen LogP) is 4.81. The minimum absolute atomic E-state index is 0.314. The number of carbonyl (C=O) groups excluding carboxylic acids is 1. The van der Waals surface area contributed by atoms with Crippen molar-refractivity contribution in [2.75, 3.05) is 39.3 Å². The summed E-state index contributed by atoms with van der Waals surface area (Å²) >= 11 is 0. The Morgan fingerprint density at radius 1 is 0.818 bits per heavy atom. The van der Waals surface area contributed by atoms with Crippen molar-refractivity contribution in [1.82, 2.24) is 14.7 Å². The van der Waals surface area contributed by atoms with E-state index in [2.05, 4.69) is 64.9 Å².